The Labute approximate surface area is 125 Å². The zero-order valence-corrected chi connectivity index (χ0v) is 13.8. The van der Waals surface area contributed by atoms with Crippen LogP contribution in [0.15, 0.2) is 17.0 Å². The zero-order chi connectivity index (χ0) is 16.4. The van der Waals surface area contributed by atoms with E-state index in [9.17, 15) is 13.2 Å². The van der Waals surface area contributed by atoms with Crippen molar-refractivity contribution in [1.82, 2.24) is 4.31 Å². The molecule has 1 atom stereocenters. The lowest BCUT2D eigenvalue weighted by Gasteiger charge is -2.22. The van der Waals surface area contributed by atoms with Crippen molar-refractivity contribution in [3.05, 3.63) is 23.3 Å². The number of nitrogen functional groups attached to an aromatic ring is 1. The summed E-state index contributed by atoms with van der Waals surface area (Å²) in [5.41, 5.74) is 7.60. The van der Waals surface area contributed by atoms with Gasteiger partial charge in [0.25, 0.3) is 0 Å². The van der Waals surface area contributed by atoms with E-state index in [0.717, 1.165) is 9.87 Å². The smallest absolute Gasteiger partial charge is 0.309 e. The maximum Gasteiger partial charge on any atom is 0.309 e. The summed E-state index contributed by atoms with van der Waals surface area (Å²) in [5, 5.41) is 0. The fourth-order valence-corrected chi connectivity index (χ4v) is 3.64. The van der Waals surface area contributed by atoms with Crippen LogP contribution in [-0.4, -0.2) is 39.4 Å². The normalized spacial score (nSPS) is 13.2. The van der Waals surface area contributed by atoms with Gasteiger partial charge in [-0.05, 0) is 37.1 Å². The van der Waals surface area contributed by atoms with Crippen LogP contribution in [0.3, 0.4) is 0 Å². The Kier molecular flexibility index (Phi) is 5.36. The van der Waals surface area contributed by atoms with E-state index < -0.39 is 21.9 Å². The van der Waals surface area contributed by atoms with Crippen molar-refractivity contribution in [2.75, 3.05) is 26.4 Å². The molecule has 0 fully saturated rings. The van der Waals surface area contributed by atoms with Crippen LogP contribution in [0.4, 0.5) is 5.69 Å². The number of hydrogen-bond acceptors (Lipinski definition) is 5. The Bertz CT molecular complexity index is 641. The molecule has 21 heavy (non-hydrogen) atoms. The van der Waals surface area contributed by atoms with Crippen LogP contribution in [0.1, 0.15) is 18.1 Å². The number of esters is 1. The molecule has 0 aliphatic heterocycles. The summed E-state index contributed by atoms with van der Waals surface area (Å²) < 4.78 is 31.0. The number of rotatable bonds is 5. The number of aryl methyl sites for hydroxylation is 1. The Balaban J connectivity index is 3.14. The maximum atomic E-state index is 12.6. The SMILES string of the molecule is COC(=O)C(C)CN(C)S(=O)(=O)c1cc(N)cc(C)c1C. The number of sulfonamides is 1. The average Bonchev–Trinajstić information content (AvgIpc) is 2.41. The molecular formula is C14H22N2O4S. The van der Waals surface area contributed by atoms with Crippen LogP contribution in [0.2, 0.25) is 0 Å². The first kappa shape index (κ1) is 17.5. The predicted molar refractivity (Wildman–Crippen MR) is 81.3 cm³/mol. The molecule has 1 aromatic rings. The molecule has 0 amide bonds. The van der Waals surface area contributed by atoms with E-state index in [1.807, 2.05) is 6.92 Å². The second-order valence-corrected chi connectivity index (χ2v) is 7.18. The molecule has 118 valence electrons. The molecular weight excluding hydrogens is 292 g/mol. The van der Waals surface area contributed by atoms with Gasteiger partial charge < -0.3 is 10.5 Å². The minimum atomic E-state index is -3.71. The number of nitrogens with zero attached hydrogens (tertiary/aromatic N) is 1. The summed E-state index contributed by atoms with van der Waals surface area (Å²) in [6.07, 6.45) is 0. The Morgan fingerprint density at radius 2 is 1.95 bits per heavy atom. The van der Waals surface area contributed by atoms with Crippen molar-refractivity contribution in [2.24, 2.45) is 5.92 Å². The highest BCUT2D eigenvalue weighted by molar-refractivity contribution is 7.89. The fraction of sp³-hybridized carbons (Fsp3) is 0.500. The third kappa shape index (κ3) is 3.74. The summed E-state index contributed by atoms with van der Waals surface area (Å²) in [6, 6.07) is 3.17. The molecule has 7 heteroatoms. The monoisotopic (exact) mass is 314 g/mol. The largest absolute Gasteiger partial charge is 0.469 e. The second kappa shape index (κ2) is 6.44. The summed E-state index contributed by atoms with van der Waals surface area (Å²) in [6.45, 7) is 5.21. The maximum absolute atomic E-state index is 12.6. The first-order valence-corrected chi connectivity index (χ1v) is 7.96. The first-order valence-electron chi connectivity index (χ1n) is 6.52. The molecule has 6 nitrogen and oxygen atoms in total. The van der Waals surface area contributed by atoms with Crippen molar-refractivity contribution >= 4 is 21.7 Å². The minimum absolute atomic E-state index is 0.0439. The number of carbonyl (C=O) groups is 1. The lowest BCUT2D eigenvalue weighted by Crippen LogP contribution is -2.34. The quantitative estimate of drug-likeness (QED) is 0.654. The number of ether oxygens (including phenoxy) is 1. The zero-order valence-electron chi connectivity index (χ0n) is 13.0. The van der Waals surface area contributed by atoms with Crippen LogP contribution >= 0.6 is 0 Å². The van der Waals surface area contributed by atoms with E-state index in [0.29, 0.717) is 11.3 Å². The molecule has 0 aromatic heterocycles. The fourth-order valence-electron chi connectivity index (χ4n) is 2.05. The van der Waals surface area contributed by atoms with Crippen LogP contribution in [-0.2, 0) is 19.6 Å². The van der Waals surface area contributed by atoms with Gasteiger partial charge in [-0.15, -0.1) is 0 Å². The van der Waals surface area contributed by atoms with Gasteiger partial charge in [0.15, 0.2) is 0 Å². The Morgan fingerprint density at radius 1 is 1.38 bits per heavy atom. The number of benzene rings is 1. The van der Waals surface area contributed by atoms with E-state index in [-0.39, 0.29) is 11.4 Å². The molecule has 0 aliphatic rings. The molecule has 1 aromatic carbocycles. The van der Waals surface area contributed by atoms with E-state index in [4.69, 9.17) is 5.73 Å². The van der Waals surface area contributed by atoms with Crippen molar-refractivity contribution in [3.63, 3.8) is 0 Å². The molecule has 0 heterocycles. The number of hydrogen-bond donors (Lipinski definition) is 1. The highest BCUT2D eigenvalue weighted by Gasteiger charge is 2.27. The molecule has 0 saturated heterocycles. The molecule has 0 saturated carbocycles. The van der Waals surface area contributed by atoms with Gasteiger partial charge in [-0.3, -0.25) is 4.79 Å². The topological polar surface area (TPSA) is 89.7 Å². The predicted octanol–water partition coefficient (Wildman–Crippen LogP) is 1.32. The second-order valence-electron chi connectivity index (χ2n) is 5.17. The number of nitrogens with two attached hydrogens (primary N) is 1. The summed E-state index contributed by atoms with van der Waals surface area (Å²) in [7, 11) is -0.992. The third-order valence-electron chi connectivity index (χ3n) is 3.46. The molecule has 1 rings (SSSR count). The molecule has 2 N–H and O–H groups in total. The molecule has 0 spiro atoms. The minimum Gasteiger partial charge on any atom is -0.469 e. The highest BCUT2D eigenvalue weighted by atomic mass is 32.2. The van der Waals surface area contributed by atoms with Gasteiger partial charge in [0, 0.05) is 19.3 Å². The van der Waals surface area contributed by atoms with Crippen LogP contribution < -0.4 is 5.73 Å². The number of methoxy groups -OCH3 is 1. The molecule has 1 unspecified atom stereocenters. The highest BCUT2D eigenvalue weighted by Crippen LogP contribution is 2.25. The van der Waals surface area contributed by atoms with Crippen molar-refractivity contribution in [3.8, 4) is 0 Å². The first-order chi connectivity index (χ1) is 9.61. The van der Waals surface area contributed by atoms with Crippen molar-refractivity contribution < 1.29 is 17.9 Å². The number of carbonyl (C=O) groups excluding carboxylic acids is 1. The Morgan fingerprint density at radius 3 is 2.48 bits per heavy atom. The standard InChI is InChI=1S/C14H22N2O4S/c1-9-6-12(15)7-13(11(9)3)21(18,19)16(4)8-10(2)14(17)20-5/h6-7,10H,8,15H2,1-5H3. The summed E-state index contributed by atoms with van der Waals surface area (Å²) >= 11 is 0. The molecule has 0 aliphatic carbocycles. The lowest BCUT2D eigenvalue weighted by atomic mass is 10.1. The third-order valence-corrected chi connectivity index (χ3v) is 5.41. The van der Waals surface area contributed by atoms with Gasteiger partial charge >= 0.3 is 5.97 Å². The van der Waals surface area contributed by atoms with Gasteiger partial charge in [0.1, 0.15) is 0 Å². The van der Waals surface area contributed by atoms with Gasteiger partial charge in [0.2, 0.25) is 10.0 Å². The van der Waals surface area contributed by atoms with Crippen LogP contribution in [0.25, 0.3) is 0 Å². The van der Waals surface area contributed by atoms with E-state index >= 15 is 0 Å². The molecule has 0 bridgehead atoms. The summed E-state index contributed by atoms with van der Waals surface area (Å²) in [4.78, 5) is 11.6. The average molecular weight is 314 g/mol. The van der Waals surface area contributed by atoms with Gasteiger partial charge in [-0.25, -0.2) is 12.7 Å². The summed E-state index contributed by atoms with van der Waals surface area (Å²) in [5.74, 6) is -0.991. The number of anilines is 1. The van der Waals surface area contributed by atoms with Gasteiger partial charge in [0.05, 0.1) is 17.9 Å². The van der Waals surface area contributed by atoms with E-state index in [1.54, 1.807) is 19.9 Å². The van der Waals surface area contributed by atoms with Crippen LogP contribution in [0.5, 0.6) is 0 Å². The van der Waals surface area contributed by atoms with Gasteiger partial charge in [-0.1, -0.05) is 6.92 Å². The Hall–Kier alpha value is -1.60. The lowest BCUT2D eigenvalue weighted by molar-refractivity contribution is -0.144. The van der Waals surface area contributed by atoms with Crippen LogP contribution in [0, 0.1) is 19.8 Å². The van der Waals surface area contributed by atoms with Crippen molar-refractivity contribution in [2.45, 2.75) is 25.7 Å². The van der Waals surface area contributed by atoms with E-state index in [1.165, 1.54) is 20.2 Å². The van der Waals surface area contributed by atoms with E-state index in [2.05, 4.69) is 4.74 Å². The van der Waals surface area contributed by atoms with Gasteiger partial charge in [-0.2, -0.15) is 0 Å². The van der Waals surface area contributed by atoms with Crippen molar-refractivity contribution in [1.29, 1.82) is 0 Å². The molecule has 0 radical (unpaired) electrons.